The second kappa shape index (κ2) is 8.94. The third kappa shape index (κ3) is 4.02. The number of amides is 3. The number of imide groups is 1. The van der Waals surface area contributed by atoms with Crippen molar-refractivity contribution in [2.75, 3.05) is 23.9 Å². The summed E-state index contributed by atoms with van der Waals surface area (Å²) in [6.07, 6.45) is 0. The highest BCUT2D eigenvalue weighted by atomic mass is 79.9. The molecule has 2 aliphatic heterocycles. The van der Waals surface area contributed by atoms with Crippen LogP contribution >= 0.6 is 15.9 Å². The molecule has 0 aliphatic carbocycles. The molecule has 3 aromatic carbocycles. The third-order valence-corrected chi connectivity index (χ3v) is 7.08. The standard InChI is InChI=1S/C27H25BrN4O3/c1-16-7-11-21(12-8-16)31-26(34)22-23(17-9-13-20(14-10-17)30(2)3)29-32(24(22)27(31)35)25(33)18-5-4-6-19(28)15-18/h4-15,22-24,29H,1-3H3/t22-,23-,24+/m1/s1. The number of halogens is 1. The van der Waals surface area contributed by atoms with Crippen LogP contribution in [0.2, 0.25) is 0 Å². The first-order valence-electron chi connectivity index (χ1n) is 11.3. The van der Waals surface area contributed by atoms with E-state index >= 15 is 0 Å². The van der Waals surface area contributed by atoms with Gasteiger partial charge < -0.3 is 4.90 Å². The molecule has 0 radical (unpaired) electrons. The predicted octanol–water partition coefficient (Wildman–Crippen LogP) is 4.08. The Balaban J connectivity index is 1.57. The van der Waals surface area contributed by atoms with E-state index in [1.165, 1.54) is 9.91 Å². The quantitative estimate of drug-likeness (QED) is 0.512. The molecule has 178 valence electrons. The Morgan fingerprint density at radius 3 is 2.26 bits per heavy atom. The predicted molar refractivity (Wildman–Crippen MR) is 138 cm³/mol. The van der Waals surface area contributed by atoms with Gasteiger partial charge in [-0.3, -0.25) is 19.4 Å². The summed E-state index contributed by atoms with van der Waals surface area (Å²) in [6, 6.07) is 20.6. The fraction of sp³-hybridized carbons (Fsp3) is 0.222. The van der Waals surface area contributed by atoms with Crippen molar-refractivity contribution in [2.24, 2.45) is 5.92 Å². The average molecular weight is 533 g/mol. The van der Waals surface area contributed by atoms with E-state index in [1.54, 1.807) is 30.3 Å². The van der Waals surface area contributed by atoms with Crippen molar-refractivity contribution in [2.45, 2.75) is 19.0 Å². The van der Waals surface area contributed by atoms with Gasteiger partial charge in [0.05, 0.1) is 17.6 Å². The molecule has 0 saturated carbocycles. The summed E-state index contributed by atoms with van der Waals surface area (Å²) in [4.78, 5) is 44.1. The number of aryl methyl sites for hydroxylation is 1. The topological polar surface area (TPSA) is 73.0 Å². The molecule has 3 atom stereocenters. The van der Waals surface area contributed by atoms with Crippen LogP contribution < -0.4 is 15.2 Å². The number of rotatable bonds is 4. The Labute approximate surface area is 212 Å². The second-order valence-corrected chi connectivity index (χ2v) is 10.0. The number of nitrogens with one attached hydrogen (secondary N) is 1. The van der Waals surface area contributed by atoms with Gasteiger partial charge in [-0.1, -0.05) is 51.8 Å². The Morgan fingerprint density at radius 1 is 0.943 bits per heavy atom. The van der Waals surface area contributed by atoms with Crippen molar-refractivity contribution in [3.05, 3.63) is 94.0 Å². The van der Waals surface area contributed by atoms with Crippen molar-refractivity contribution in [1.29, 1.82) is 0 Å². The van der Waals surface area contributed by atoms with Gasteiger partial charge in [0.2, 0.25) is 5.91 Å². The number of carbonyl (C=O) groups excluding carboxylic acids is 3. The zero-order chi connectivity index (χ0) is 24.9. The van der Waals surface area contributed by atoms with E-state index in [1.807, 2.05) is 68.4 Å². The summed E-state index contributed by atoms with van der Waals surface area (Å²) in [5.74, 6) is -1.83. The minimum atomic E-state index is -0.950. The SMILES string of the molecule is Cc1ccc(N2C(=O)[C@@H]3[C@@H](c4ccc(N(C)C)cc4)NN(C(=O)c4cccc(Br)c4)[C@@H]3C2=O)cc1. The highest BCUT2D eigenvalue weighted by Crippen LogP contribution is 2.42. The number of fused-ring (bicyclic) bond motifs is 1. The molecular formula is C27H25BrN4O3. The van der Waals surface area contributed by atoms with Crippen molar-refractivity contribution < 1.29 is 14.4 Å². The van der Waals surface area contributed by atoms with Crippen molar-refractivity contribution in [3.63, 3.8) is 0 Å². The molecule has 7 nitrogen and oxygen atoms in total. The first-order chi connectivity index (χ1) is 16.8. The van der Waals surface area contributed by atoms with E-state index in [4.69, 9.17) is 0 Å². The molecule has 0 unspecified atom stereocenters. The van der Waals surface area contributed by atoms with E-state index in [9.17, 15) is 14.4 Å². The Kier molecular flexibility index (Phi) is 5.94. The van der Waals surface area contributed by atoms with Crippen molar-refractivity contribution in [3.8, 4) is 0 Å². The second-order valence-electron chi connectivity index (χ2n) is 9.10. The smallest absolute Gasteiger partial charge is 0.268 e. The van der Waals surface area contributed by atoms with Crippen molar-refractivity contribution >= 4 is 45.0 Å². The molecular weight excluding hydrogens is 508 g/mol. The molecule has 2 saturated heterocycles. The molecule has 2 aliphatic rings. The highest BCUT2D eigenvalue weighted by Gasteiger charge is 2.60. The lowest BCUT2D eigenvalue weighted by molar-refractivity contribution is -0.123. The maximum Gasteiger partial charge on any atom is 0.268 e. The maximum atomic E-state index is 13.7. The molecule has 35 heavy (non-hydrogen) atoms. The van der Waals surface area contributed by atoms with Gasteiger partial charge in [-0.05, 0) is 55.0 Å². The average Bonchev–Trinajstić information content (AvgIpc) is 3.36. The maximum absolute atomic E-state index is 13.7. The molecule has 3 amide bonds. The monoisotopic (exact) mass is 532 g/mol. The van der Waals surface area contributed by atoms with Crippen LogP contribution in [0, 0.1) is 12.8 Å². The molecule has 2 fully saturated rings. The first kappa shape index (κ1) is 23.3. The summed E-state index contributed by atoms with van der Waals surface area (Å²) in [5, 5.41) is 1.34. The lowest BCUT2D eigenvalue weighted by Gasteiger charge is -2.25. The highest BCUT2D eigenvalue weighted by molar-refractivity contribution is 9.10. The fourth-order valence-corrected chi connectivity index (χ4v) is 5.14. The molecule has 5 rings (SSSR count). The summed E-state index contributed by atoms with van der Waals surface area (Å²) < 4.78 is 0.755. The van der Waals surface area contributed by atoms with Gasteiger partial charge in [0.15, 0.2) is 0 Å². The number of hydrazine groups is 1. The Bertz CT molecular complexity index is 1310. The van der Waals surface area contributed by atoms with Crippen LogP contribution in [0.3, 0.4) is 0 Å². The van der Waals surface area contributed by atoms with E-state index in [0.717, 1.165) is 21.3 Å². The van der Waals surface area contributed by atoms with Gasteiger partial charge in [-0.15, -0.1) is 0 Å². The number of hydrogen-bond acceptors (Lipinski definition) is 5. The van der Waals surface area contributed by atoms with Crippen LogP contribution in [0.25, 0.3) is 0 Å². The summed E-state index contributed by atoms with van der Waals surface area (Å²) >= 11 is 3.41. The van der Waals surface area contributed by atoms with Gasteiger partial charge in [0.25, 0.3) is 11.8 Å². The van der Waals surface area contributed by atoms with E-state index in [-0.39, 0.29) is 11.8 Å². The normalized spacial score (nSPS) is 21.4. The van der Waals surface area contributed by atoms with Crippen LogP contribution in [-0.4, -0.2) is 42.9 Å². The Hall–Kier alpha value is -3.49. The van der Waals surface area contributed by atoms with Crippen LogP contribution in [-0.2, 0) is 9.59 Å². The summed E-state index contributed by atoms with van der Waals surface area (Å²) in [5.41, 5.74) is 7.01. The fourth-order valence-electron chi connectivity index (χ4n) is 4.74. The van der Waals surface area contributed by atoms with Gasteiger partial charge in [0.1, 0.15) is 6.04 Å². The number of anilines is 2. The minimum Gasteiger partial charge on any atom is -0.378 e. The number of carbonyl (C=O) groups is 3. The van der Waals surface area contributed by atoms with Gasteiger partial charge in [-0.2, -0.15) is 0 Å². The van der Waals surface area contributed by atoms with E-state index < -0.39 is 23.9 Å². The molecule has 0 bridgehead atoms. The molecule has 2 heterocycles. The third-order valence-electron chi connectivity index (χ3n) is 6.59. The zero-order valence-electron chi connectivity index (χ0n) is 19.6. The minimum absolute atomic E-state index is 0.317. The van der Waals surface area contributed by atoms with Crippen LogP contribution in [0.4, 0.5) is 11.4 Å². The Morgan fingerprint density at radius 2 is 1.63 bits per heavy atom. The zero-order valence-corrected chi connectivity index (χ0v) is 21.2. The number of nitrogens with zero attached hydrogens (tertiary/aromatic N) is 3. The van der Waals surface area contributed by atoms with Crippen LogP contribution in [0.15, 0.2) is 77.3 Å². The van der Waals surface area contributed by atoms with Crippen LogP contribution in [0.5, 0.6) is 0 Å². The van der Waals surface area contributed by atoms with E-state index in [0.29, 0.717) is 11.3 Å². The van der Waals surface area contributed by atoms with Gasteiger partial charge >= 0.3 is 0 Å². The summed E-state index contributed by atoms with van der Waals surface area (Å²) in [6.45, 7) is 1.95. The molecule has 1 N–H and O–H groups in total. The largest absolute Gasteiger partial charge is 0.378 e. The van der Waals surface area contributed by atoms with Crippen LogP contribution in [0.1, 0.15) is 27.5 Å². The molecule has 0 aromatic heterocycles. The lowest BCUT2D eigenvalue weighted by Crippen LogP contribution is -2.48. The van der Waals surface area contributed by atoms with E-state index in [2.05, 4.69) is 21.4 Å². The van der Waals surface area contributed by atoms with Gasteiger partial charge in [-0.25, -0.2) is 10.3 Å². The molecule has 0 spiro atoms. The summed E-state index contributed by atoms with van der Waals surface area (Å²) in [7, 11) is 3.91. The van der Waals surface area contributed by atoms with Crippen molar-refractivity contribution in [1.82, 2.24) is 10.4 Å². The number of hydrogen-bond donors (Lipinski definition) is 1. The molecule has 3 aromatic rings. The number of benzene rings is 3. The molecule has 8 heteroatoms. The lowest BCUT2D eigenvalue weighted by atomic mass is 9.90. The van der Waals surface area contributed by atoms with Gasteiger partial charge in [0, 0.05) is 29.8 Å². The first-order valence-corrected chi connectivity index (χ1v) is 12.1.